The molecule has 0 spiro atoms. The Kier molecular flexibility index (Phi) is 9.76. The van der Waals surface area contributed by atoms with Crippen molar-refractivity contribution >= 4 is 25.4 Å². The van der Waals surface area contributed by atoms with Crippen LogP contribution in [0.4, 0.5) is 0 Å². The number of rotatable bonds is 9. The van der Waals surface area contributed by atoms with Gasteiger partial charge in [-0.1, -0.05) is 7.43 Å². The molecule has 0 fully saturated rings. The van der Waals surface area contributed by atoms with E-state index in [4.69, 9.17) is 9.47 Å². The van der Waals surface area contributed by atoms with Crippen molar-refractivity contribution in [1.29, 1.82) is 0 Å². The minimum atomic E-state index is -0.966. The van der Waals surface area contributed by atoms with Crippen molar-refractivity contribution in [2.24, 2.45) is 0 Å². The number of carbonyl (C=O) groups excluding carboxylic acids is 1. The first-order valence-electron chi connectivity index (χ1n) is 11.1. The molecule has 176 valence electrons. The quantitative estimate of drug-likeness (QED) is 0.252. The van der Waals surface area contributed by atoms with E-state index in [-0.39, 0.29) is 13.4 Å². The minimum absolute atomic E-state index is 0. The molecule has 0 saturated heterocycles. The summed E-state index contributed by atoms with van der Waals surface area (Å²) >= 11 is 0.323. The summed E-state index contributed by atoms with van der Waals surface area (Å²) in [5, 5.41) is 1.04. The number of aryl methyl sites for hydroxylation is 2. The van der Waals surface area contributed by atoms with Crippen LogP contribution in [0.25, 0.3) is 11.1 Å². The molecule has 0 bridgehead atoms. The zero-order chi connectivity index (χ0) is 23.1. The van der Waals surface area contributed by atoms with Gasteiger partial charge in [0, 0.05) is 0 Å². The predicted octanol–water partition coefficient (Wildman–Crippen LogP) is 6.25. The van der Waals surface area contributed by atoms with E-state index in [1.165, 1.54) is 26.7 Å². The third-order valence-electron chi connectivity index (χ3n) is 5.61. The van der Waals surface area contributed by atoms with Crippen LogP contribution in [0.1, 0.15) is 51.3 Å². The molecule has 1 atom stereocenters. The molecular weight excluding hydrogens is 475 g/mol. The van der Waals surface area contributed by atoms with Crippen LogP contribution in [0, 0.1) is 13.8 Å². The van der Waals surface area contributed by atoms with E-state index in [0.29, 0.717) is 28.0 Å². The zero-order valence-electron chi connectivity index (χ0n) is 19.6. The van der Waals surface area contributed by atoms with Crippen molar-refractivity contribution in [2.45, 2.75) is 59.4 Å². The molecule has 0 radical (unpaired) electrons. The fourth-order valence-corrected chi connectivity index (χ4v) is 5.31. The van der Waals surface area contributed by atoms with Gasteiger partial charge >= 0.3 is 199 Å². The fraction of sp³-hybridized carbons (Fsp3) is 0.345. The summed E-state index contributed by atoms with van der Waals surface area (Å²) in [6, 6.07) is 23.8. The molecule has 1 unspecified atom stereocenters. The van der Waals surface area contributed by atoms with E-state index >= 15 is 0 Å². The molecular formula is C29H36O3Se. The second-order valence-corrected chi connectivity index (χ2v) is 10.4. The van der Waals surface area contributed by atoms with Crippen molar-refractivity contribution in [2.75, 3.05) is 6.61 Å². The molecule has 3 aromatic rings. The molecule has 3 aromatic carbocycles. The van der Waals surface area contributed by atoms with Gasteiger partial charge in [-0.15, -0.1) is 0 Å². The van der Waals surface area contributed by atoms with Gasteiger partial charge in [0.15, 0.2) is 0 Å². The van der Waals surface area contributed by atoms with Crippen LogP contribution in [0.15, 0.2) is 66.7 Å². The molecule has 0 aliphatic heterocycles. The number of esters is 1. The summed E-state index contributed by atoms with van der Waals surface area (Å²) in [6.45, 7) is 10.0. The molecule has 3 nitrogen and oxygen atoms in total. The Labute approximate surface area is 205 Å². The monoisotopic (exact) mass is 512 g/mol. The average Bonchev–Trinajstić information content (AvgIpc) is 2.80. The number of hydrogen-bond acceptors (Lipinski definition) is 3. The van der Waals surface area contributed by atoms with Crippen molar-refractivity contribution in [3.8, 4) is 16.9 Å². The molecule has 0 N–H and O–H groups in total. The first kappa shape index (κ1) is 26.7. The van der Waals surface area contributed by atoms with Gasteiger partial charge in [-0.25, -0.2) is 0 Å². The Morgan fingerprint density at radius 3 is 2.06 bits per heavy atom. The van der Waals surface area contributed by atoms with Gasteiger partial charge in [-0.05, 0) is 0 Å². The van der Waals surface area contributed by atoms with E-state index in [1.54, 1.807) is 6.92 Å². The maximum absolute atomic E-state index is 12.3. The summed E-state index contributed by atoms with van der Waals surface area (Å²) < 4.78 is 12.6. The number of carbonyl (C=O) groups is 1. The molecule has 4 heteroatoms. The van der Waals surface area contributed by atoms with Crippen molar-refractivity contribution in [3.05, 3.63) is 83.4 Å². The molecule has 0 aliphatic carbocycles. The third-order valence-corrected chi connectivity index (χ3v) is 7.84. The Morgan fingerprint density at radius 1 is 0.909 bits per heavy atom. The van der Waals surface area contributed by atoms with Gasteiger partial charge in [0.05, 0.1) is 0 Å². The van der Waals surface area contributed by atoms with Crippen LogP contribution in [-0.4, -0.2) is 33.1 Å². The Bertz CT molecular complexity index is 1040. The molecule has 0 amide bonds. The van der Waals surface area contributed by atoms with Gasteiger partial charge in [-0.2, -0.15) is 0 Å². The van der Waals surface area contributed by atoms with Crippen LogP contribution < -0.4 is 9.20 Å². The van der Waals surface area contributed by atoms with Crippen LogP contribution in [-0.2, 0) is 14.9 Å². The van der Waals surface area contributed by atoms with Gasteiger partial charge in [0.2, 0.25) is 0 Å². The number of benzene rings is 3. The summed E-state index contributed by atoms with van der Waals surface area (Å²) in [5.41, 5.74) is 5.20. The first-order chi connectivity index (χ1) is 15.3. The predicted molar refractivity (Wildman–Crippen MR) is 140 cm³/mol. The van der Waals surface area contributed by atoms with Crippen LogP contribution in [0.3, 0.4) is 0 Å². The molecule has 0 saturated carbocycles. The van der Waals surface area contributed by atoms with E-state index < -0.39 is 5.60 Å². The molecule has 0 aromatic heterocycles. The zero-order valence-corrected chi connectivity index (χ0v) is 21.3. The van der Waals surface area contributed by atoms with Gasteiger partial charge in [0.1, 0.15) is 0 Å². The third kappa shape index (κ3) is 6.96. The molecule has 33 heavy (non-hydrogen) atoms. The van der Waals surface area contributed by atoms with Crippen LogP contribution >= 0.6 is 0 Å². The topological polar surface area (TPSA) is 35.5 Å². The second-order valence-electron chi connectivity index (χ2n) is 8.19. The molecule has 0 aliphatic rings. The fourth-order valence-electron chi connectivity index (χ4n) is 3.32. The van der Waals surface area contributed by atoms with Gasteiger partial charge in [0.25, 0.3) is 0 Å². The van der Waals surface area contributed by atoms with Crippen molar-refractivity contribution in [1.82, 2.24) is 0 Å². The maximum atomic E-state index is 12.3. The van der Waals surface area contributed by atoms with Crippen LogP contribution in [0.5, 0.6) is 5.75 Å². The average molecular weight is 512 g/mol. The number of hydrogen-bond donors (Lipinski definition) is 0. The first-order valence-corrected chi connectivity index (χ1v) is 13.2. The van der Waals surface area contributed by atoms with Gasteiger partial charge < -0.3 is 0 Å². The summed E-state index contributed by atoms with van der Waals surface area (Å²) in [6.07, 6.45) is 0.551. The normalized spacial score (nSPS) is 12.4. The molecule has 3 rings (SSSR count). The summed E-state index contributed by atoms with van der Waals surface area (Å²) in [7, 11) is 0. The SMILES string of the molecule is C.CCOC(=O)C(C)(CC)Oc1ccc([Se]Cc2ccc(-c3ccc(C)cc3)cc2)cc1C. The van der Waals surface area contributed by atoms with Crippen LogP contribution in [0.2, 0.25) is 0 Å². The van der Waals surface area contributed by atoms with E-state index in [0.717, 1.165) is 16.6 Å². The van der Waals surface area contributed by atoms with Crippen molar-refractivity contribution in [3.63, 3.8) is 0 Å². The van der Waals surface area contributed by atoms with Gasteiger partial charge in [-0.3, -0.25) is 0 Å². The molecule has 0 heterocycles. The Balaban J connectivity index is 0.00000385. The Hall–Kier alpha value is -2.55. The second kappa shape index (κ2) is 12.1. The number of ether oxygens (including phenoxy) is 2. The standard InChI is InChI=1S/C28H32O3Se.CH4/c1-6-28(5,27(29)30-7-2)31-26-17-16-25(18-21(26)4)32-19-22-10-14-24(15-11-22)23-12-8-20(3)9-13-23;/h8-18H,6-7,19H2,1-5H3;1H4. The van der Waals surface area contributed by atoms with E-state index in [1.807, 2.05) is 26.8 Å². The van der Waals surface area contributed by atoms with E-state index in [9.17, 15) is 4.79 Å². The summed E-state index contributed by atoms with van der Waals surface area (Å²) in [4.78, 5) is 12.3. The van der Waals surface area contributed by atoms with Crippen molar-refractivity contribution < 1.29 is 14.3 Å². The Morgan fingerprint density at radius 2 is 1.52 bits per heavy atom. The van der Waals surface area contributed by atoms with E-state index in [2.05, 4.69) is 67.6 Å². The summed E-state index contributed by atoms with van der Waals surface area (Å²) in [5.74, 6) is 0.425.